The number of benzene rings is 1. The Labute approximate surface area is 198 Å². The number of carbonyl (C=O) groups is 1. The molecule has 5 rings (SSSR count). The number of β-lactam (4-membered cyclic amide) rings is 1. The predicted octanol–water partition coefficient (Wildman–Crippen LogP) is 5.62. The summed E-state index contributed by atoms with van der Waals surface area (Å²) in [5, 5.41) is 0. The van der Waals surface area contributed by atoms with Crippen LogP contribution in [-0.2, 0) is 16.3 Å². The van der Waals surface area contributed by atoms with E-state index < -0.39 is 8.07 Å². The van der Waals surface area contributed by atoms with Gasteiger partial charge in [0, 0.05) is 26.6 Å². The van der Waals surface area contributed by atoms with Crippen LogP contribution in [0.2, 0.25) is 25.7 Å². The second-order valence-corrected chi connectivity index (χ2v) is 16.6. The average Bonchev–Trinajstić information content (AvgIpc) is 3.48. The van der Waals surface area contributed by atoms with Crippen LogP contribution >= 0.6 is 15.9 Å². The lowest BCUT2D eigenvalue weighted by atomic mass is 9.79. The van der Waals surface area contributed by atoms with Crippen LogP contribution < -0.4 is 4.90 Å². The minimum Gasteiger partial charge on any atom is -0.361 e. The summed E-state index contributed by atoms with van der Waals surface area (Å²) in [5.41, 5.74) is 3.89. The van der Waals surface area contributed by atoms with E-state index >= 15 is 0 Å². The molecule has 3 heterocycles. The summed E-state index contributed by atoms with van der Waals surface area (Å²) in [7, 11) is -1.10. The zero-order valence-electron chi connectivity index (χ0n) is 18.8. The lowest BCUT2D eigenvalue weighted by Crippen LogP contribution is -2.56. The SMILES string of the molecule is C[Si](C)(C)CCOCn1cnc2cc(N3C(=O)C(C4CC4)C3c3ccc(Br)nc3)ccc21. The molecular weight excluding hydrogens is 484 g/mol. The van der Waals surface area contributed by atoms with Crippen molar-refractivity contribution < 1.29 is 9.53 Å². The fraction of sp³-hybridized carbons (Fsp3) is 0.458. The third-order valence-corrected chi connectivity index (χ3v) is 8.65. The Hall–Kier alpha value is -2.03. The fourth-order valence-corrected chi connectivity index (χ4v) is 5.47. The molecule has 1 saturated heterocycles. The van der Waals surface area contributed by atoms with Gasteiger partial charge in [0.1, 0.15) is 11.3 Å². The number of carbonyl (C=O) groups excluding carboxylic acids is 1. The zero-order chi connectivity index (χ0) is 22.5. The topological polar surface area (TPSA) is 60.2 Å². The summed E-state index contributed by atoms with van der Waals surface area (Å²) in [4.78, 5) is 24.1. The first-order valence-electron chi connectivity index (χ1n) is 11.3. The molecule has 3 aromatic rings. The molecule has 2 fully saturated rings. The predicted molar refractivity (Wildman–Crippen MR) is 132 cm³/mol. The van der Waals surface area contributed by atoms with Crippen LogP contribution in [0.25, 0.3) is 11.0 Å². The molecule has 2 aliphatic rings. The largest absolute Gasteiger partial charge is 0.361 e. The Morgan fingerprint density at radius 2 is 1.97 bits per heavy atom. The molecule has 2 unspecified atom stereocenters. The van der Waals surface area contributed by atoms with Crippen molar-refractivity contribution in [3.63, 3.8) is 0 Å². The van der Waals surface area contributed by atoms with Crippen LogP contribution in [0.3, 0.4) is 0 Å². The molecule has 2 aromatic heterocycles. The molecule has 1 aromatic carbocycles. The number of hydrogen-bond acceptors (Lipinski definition) is 4. The molecule has 1 aliphatic carbocycles. The molecule has 1 aliphatic heterocycles. The second-order valence-electron chi connectivity index (χ2n) is 10.2. The molecule has 0 radical (unpaired) electrons. The highest BCUT2D eigenvalue weighted by molar-refractivity contribution is 9.10. The van der Waals surface area contributed by atoms with Crippen molar-refractivity contribution >= 4 is 46.6 Å². The van der Waals surface area contributed by atoms with Crippen molar-refractivity contribution in [3.05, 3.63) is 53.0 Å². The summed E-state index contributed by atoms with van der Waals surface area (Å²) in [6, 6.07) is 11.3. The number of rotatable bonds is 8. The van der Waals surface area contributed by atoms with E-state index in [1.165, 1.54) is 0 Å². The maximum atomic E-state index is 13.1. The fourth-order valence-electron chi connectivity index (χ4n) is 4.48. The van der Waals surface area contributed by atoms with Gasteiger partial charge in [0.05, 0.1) is 29.3 Å². The summed E-state index contributed by atoms with van der Waals surface area (Å²) < 4.78 is 8.74. The van der Waals surface area contributed by atoms with Gasteiger partial charge in [-0.25, -0.2) is 9.97 Å². The molecular formula is C24H29BrN4O2Si. The molecule has 8 heteroatoms. The van der Waals surface area contributed by atoms with Crippen LogP contribution in [0.5, 0.6) is 0 Å². The Kier molecular flexibility index (Phi) is 5.71. The van der Waals surface area contributed by atoms with E-state index in [9.17, 15) is 4.79 Å². The van der Waals surface area contributed by atoms with Gasteiger partial charge in [-0.2, -0.15) is 0 Å². The van der Waals surface area contributed by atoms with E-state index in [1.54, 1.807) is 0 Å². The average molecular weight is 514 g/mol. The van der Waals surface area contributed by atoms with Crippen molar-refractivity contribution in [2.24, 2.45) is 11.8 Å². The van der Waals surface area contributed by atoms with Crippen molar-refractivity contribution in [2.45, 2.75) is 51.3 Å². The van der Waals surface area contributed by atoms with Crippen LogP contribution in [-0.4, -0.2) is 35.1 Å². The number of imidazole rings is 1. The number of halogens is 1. The first-order chi connectivity index (χ1) is 15.3. The Morgan fingerprint density at radius 1 is 1.16 bits per heavy atom. The van der Waals surface area contributed by atoms with E-state index in [-0.39, 0.29) is 17.9 Å². The number of aromatic nitrogens is 3. The third-order valence-electron chi connectivity index (χ3n) is 6.47. The van der Waals surface area contributed by atoms with Crippen LogP contribution in [0.1, 0.15) is 24.4 Å². The Balaban J connectivity index is 1.36. The number of pyridine rings is 1. The van der Waals surface area contributed by atoms with Crippen LogP contribution in [0, 0.1) is 11.8 Å². The molecule has 1 amide bonds. The first-order valence-corrected chi connectivity index (χ1v) is 15.8. The summed E-state index contributed by atoms with van der Waals surface area (Å²) in [5.74, 6) is 0.781. The normalized spacial score (nSPS) is 21.2. The molecule has 0 spiro atoms. The van der Waals surface area contributed by atoms with Gasteiger partial charge in [-0.05, 0) is 70.6 Å². The number of fused-ring (bicyclic) bond motifs is 1. The highest BCUT2D eigenvalue weighted by atomic mass is 79.9. The minimum absolute atomic E-state index is 0.0417. The Bertz CT molecular complexity index is 1140. The number of amides is 1. The molecule has 0 N–H and O–H groups in total. The van der Waals surface area contributed by atoms with E-state index in [2.05, 4.69) is 51.6 Å². The number of anilines is 1. The zero-order valence-corrected chi connectivity index (χ0v) is 21.4. The van der Waals surface area contributed by atoms with Crippen molar-refractivity contribution in [2.75, 3.05) is 11.5 Å². The second kappa shape index (κ2) is 8.39. The quantitative estimate of drug-likeness (QED) is 0.170. The maximum absolute atomic E-state index is 13.1. The van der Waals surface area contributed by atoms with Gasteiger partial charge >= 0.3 is 0 Å². The highest BCUT2D eigenvalue weighted by Crippen LogP contribution is 2.54. The van der Waals surface area contributed by atoms with Crippen molar-refractivity contribution in [3.8, 4) is 0 Å². The molecule has 6 nitrogen and oxygen atoms in total. The molecule has 32 heavy (non-hydrogen) atoms. The van der Waals surface area contributed by atoms with E-state index in [4.69, 9.17) is 4.74 Å². The molecule has 0 bridgehead atoms. The summed E-state index contributed by atoms with van der Waals surface area (Å²) in [6.45, 7) is 8.34. The minimum atomic E-state index is -1.10. The van der Waals surface area contributed by atoms with Crippen LogP contribution in [0.4, 0.5) is 5.69 Å². The highest BCUT2D eigenvalue weighted by Gasteiger charge is 2.55. The maximum Gasteiger partial charge on any atom is 0.233 e. The van der Waals surface area contributed by atoms with E-state index in [0.717, 1.165) is 52.4 Å². The molecule has 1 saturated carbocycles. The summed E-state index contributed by atoms with van der Waals surface area (Å²) >= 11 is 3.41. The standard InChI is InChI=1S/C24H29BrN4O2Si/c1-32(2,3)11-10-31-15-28-14-27-19-12-18(7-8-20(19)28)29-23(17-6-9-21(25)26-13-17)22(24(29)30)16-4-5-16/h6-9,12-14,16,22-23H,4-5,10-11,15H2,1-3H3. The van der Waals surface area contributed by atoms with Gasteiger partial charge in [0.25, 0.3) is 0 Å². The smallest absolute Gasteiger partial charge is 0.233 e. The molecule has 168 valence electrons. The Morgan fingerprint density at radius 3 is 2.66 bits per heavy atom. The van der Waals surface area contributed by atoms with Gasteiger partial charge in [0.15, 0.2) is 0 Å². The van der Waals surface area contributed by atoms with Crippen molar-refractivity contribution in [1.29, 1.82) is 0 Å². The van der Waals surface area contributed by atoms with E-state index in [1.807, 2.05) is 46.3 Å². The number of ether oxygens (including phenoxy) is 1. The molecule has 2 atom stereocenters. The number of nitrogens with zero attached hydrogens (tertiary/aromatic N) is 4. The van der Waals surface area contributed by atoms with Gasteiger partial charge in [0.2, 0.25) is 5.91 Å². The summed E-state index contributed by atoms with van der Waals surface area (Å²) in [6.07, 6.45) is 6.00. The first kappa shape index (κ1) is 21.8. The van der Waals surface area contributed by atoms with Gasteiger partial charge in [-0.1, -0.05) is 25.7 Å². The lowest BCUT2D eigenvalue weighted by molar-refractivity contribution is -0.131. The number of hydrogen-bond donors (Lipinski definition) is 0. The van der Waals surface area contributed by atoms with Crippen LogP contribution in [0.15, 0.2) is 47.5 Å². The van der Waals surface area contributed by atoms with Gasteiger partial charge < -0.3 is 14.2 Å². The lowest BCUT2D eigenvalue weighted by Gasteiger charge is -2.47. The monoisotopic (exact) mass is 512 g/mol. The van der Waals surface area contributed by atoms with E-state index in [0.29, 0.717) is 12.6 Å². The van der Waals surface area contributed by atoms with Gasteiger partial charge in [-0.15, -0.1) is 0 Å². The van der Waals surface area contributed by atoms with Crippen molar-refractivity contribution in [1.82, 2.24) is 14.5 Å². The third kappa shape index (κ3) is 4.28. The van der Waals surface area contributed by atoms with Gasteiger partial charge in [-0.3, -0.25) is 4.79 Å².